The van der Waals surface area contributed by atoms with Crippen molar-refractivity contribution < 1.29 is 13.2 Å². The number of hydrogen-bond donors (Lipinski definition) is 2. The van der Waals surface area contributed by atoms with Crippen molar-refractivity contribution in [3.8, 4) is 11.1 Å². The number of aromatic nitrogens is 2. The van der Waals surface area contributed by atoms with E-state index in [0.717, 1.165) is 35.8 Å². The Morgan fingerprint density at radius 2 is 1.97 bits per heavy atom. The fourth-order valence-corrected chi connectivity index (χ4v) is 4.91. The summed E-state index contributed by atoms with van der Waals surface area (Å²) >= 11 is 0. The second-order valence-electron chi connectivity index (χ2n) is 7.87. The largest absolute Gasteiger partial charge is 0.346 e. The highest BCUT2D eigenvalue weighted by atomic mass is 32.2. The van der Waals surface area contributed by atoms with Gasteiger partial charge in [-0.05, 0) is 54.2 Å². The number of H-pyrrole nitrogens is 1. The molecule has 1 saturated carbocycles. The Hall–Kier alpha value is -2.87. The maximum Gasteiger partial charge on any atom is 0.232 e. The van der Waals surface area contributed by atoms with Gasteiger partial charge in [0.05, 0.1) is 5.75 Å². The highest BCUT2D eigenvalue weighted by molar-refractivity contribution is 7.92. The number of hydrogen-bond acceptors (Lipinski definition) is 4. The van der Waals surface area contributed by atoms with Gasteiger partial charge in [0.25, 0.3) is 0 Å². The molecule has 0 radical (unpaired) electrons. The Morgan fingerprint density at radius 3 is 2.59 bits per heavy atom. The molecule has 1 aliphatic rings. The summed E-state index contributed by atoms with van der Waals surface area (Å²) in [4.78, 5) is 21.0. The third-order valence-corrected chi connectivity index (χ3v) is 6.51. The molecule has 0 aliphatic heterocycles. The second-order valence-corrected chi connectivity index (χ2v) is 9.63. The molecule has 2 N–H and O–H groups in total. The molecule has 1 fully saturated rings. The topological polar surface area (TPSA) is 95.2 Å². The number of carbonyl (C=O) groups excluding carboxylic acids is 1. The van der Waals surface area contributed by atoms with Crippen LogP contribution in [0.3, 0.4) is 0 Å². The highest BCUT2D eigenvalue weighted by Gasteiger charge is 2.30. The SMILES string of the molecule is CC(C)CS(=O)(=O)Nc1ccc(-c2cc(N(C=O)C3CC3)nc3[nH]ccc23)cc1. The van der Waals surface area contributed by atoms with E-state index in [1.807, 2.05) is 44.3 Å². The van der Waals surface area contributed by atoms with E-state index in [2.05, 4.69) is 14.7 Å². The molecule has 29 heavy (non-hydrogen) atoms. The highest BCUT2D eigenvalue weighted by Crippen LogP contribution is 2.35. The third kappa shape index (κ3) is 4.27. The number of carbonyl (C=O) groups is 1. The van der Waals surface area contributed by atoms with Crippen molar-refractivity contribution in [2.45, 2.75) is 32.7 Å². The van der Waals surface area contributed by atoms with Crippen LogP contribution in [0.4, 0.5) is 11.5 Å². The Balaban J connectivity index is 1.67. The monoisotopic (exact) mass is 412 g/mol. The lowest BCUT2D eigenvalue weighted by Gasteiger charge is -2.17. The van der Waals surface area contributed by atoms with E-state index in [0.29, 0.717) is 17.2 Å². The molecule has 2 aromatic heterocycles. The van der Waals surface area contributed by atoms with Crippen molar-refractivity contribution in [2.24, 2.45) is 5.92 Å². The summed E-state index contributed by atoms with van der Waals surface area (Å²) in [5, 5.41) is 0.948. The summed E-state index contributed by atoms with van der Waals surface area (Å²) in [6, 6.07) is 11.3. The lowest BCUT2D eigenvalue weighted by Crippen LogP contribution is -2.24. The van der Waals surface area contributed by atoms with E-state index in [1.54, 1.807) is 17.0 Å². The smallest absolute Gasteiger partial charge is 0.232 e. The first-order chi connectivity index (χ1) is 13.9. The predicted octanol–water partition coefficient (Wildman–Crippen LogP) is 3.75. The molecule has 1 aromatic carbocycles. The van der Waals surface area contributed by atoms with Gasteiger partial charge in [-0.2, -0.15) is 0 Å². The quantitative estimate of drug-likeness (QED) is 0.551. The third-order valence-electron chi connectivity index (χ3n) is 4.86. The van der Waals surface area contributed by atoms with Crippen molar-refractivity contribution in [3.63, 3.8) is 0 Å². The number of nitrogens with one attached hydrogen (secondary N) is 2. The molecular weight excluding hydrogens is 388 g/mol. The van der Waals surface area contributed by atoms with Crippen molar-refractivity contribution in [1.82, 2.24) is 9.97 Å². The normalized spacial score (nSPS) is 14.3. The zero-order valence-electron chi connectivity index (χ0n) is 16.4. The first-order valence-corrected chi connectivity index (χ1v) is 11.3. The molecule has 1 aliphatic carbocycles. The van der Waals surface area contributed by atoms with E-state index in [4.69, 9.17) is 0 Å². The first-order valence-electron chi connectivity index (χ1n) is 9.69. The standard InChI is InChI=1S/C21H24N4O3S/c1-14(2)12-29(27,28)24-16-5-3-15(4-6-16)19-11-20(25(13-26)17-7-8-17)23-21-18(19)9-10-22-21/h3-6,9-11,13-14,17,24H,7-8,12H2,1-2H3,(H,22,23). The molecule has 8 heteroatoms. The van der Waals surface area contributed by atoms with Crippen LogP contribution in [0.5, 0.6) is 0 Å². The Kier molecular flexibility index (Phi) is 5.04. The summed E-state index contributed by atoms with van der Waals surface area (Å²) in [6.07, 6.45) is 4.64. The number of rotatable bonds is 8. The van der Waals surface area contributed by atoms with Crippen LogP contribution in [0.2, 0.25) is 0 Å². The Morgan fingerprint density at radius 1 is 1.24 bits per heavy atom. The minimum atomic E-state index is -3.37. The van der Waals surface area contributed by atoms with E-state index >= 15 is 0 Å². The van der Waals surface area contributed by atoms with Crippen LogP contribution < -0.4 is 9.62 Å². The van der Waals surface area contributed by atoms with Crippen molar-refractivity contribution in [2.75, 3.05) is 15.4 Å². The number of sulfonamides is 1. The zero-order chi connectivity index (χ0) is 20.6. The average molecular weight is 413 g/mol. The summed E-state index contributed by atoms with van der Waals surface area (Å²) in [6.45, 7) is 3.74. The fraction of sp³-hybridized carbons (Fsp3) is 0.333. The van der Waals surface area contributed by atoms with E-state index in [-0.39, 0.29) is 17.7 Å². The average Bonchev–Trinajstić information content (AvgIpc) is 3.37. The molecule has 0 spiro atoms. The first kappa shape index (κ1) is 19.4. The van der Waals surface area contributed by atoms with Crippen LogP contribution in [0, 0.1) is 5.92 Å². The molecule has 1 amide bonds. The number of pyridine rings is 1. The van der Waals surface area contributed by atoms with Gasteiger partial charge in [0, 0.05) is 23.3 Å². The number of anilines is 2. The van der Waals surface area contributed by atoms with Crippen molar-refractivity contribution in [1.29, 1.82) is 0 Å². The molecule has 0 saturated heterocycles. The number of fused-ring (bicyclic) bond motifs is 1. The van der Waals surface area contributed by atoms with Crippen LogP contribution in [-0.4, -0.2) is 36.6 Å². The molecule has 3 aromatic rings. The second kappa shape index (κ2) is 7.51. The minimum absolute atomic E-state index is 0.0520. The number of aromatic amines is 1. The van der Waals surface area contributed by atoms with E-state index in [1.165, 1.54) is 0 Å². The maximum atomic E-state index is 12.2. The van der Waals surface area contributed by atoms with E-state index < -0.39 is 10.0 Å². The van der Waals surface area contributed by atoms with Gasteiger partial charge < -0.3 is 4.98 Å². The number of nitrogens with zero attached hydrogens (tertiary/aromatic N) is 2. The van der Waals surface area contributed by atoms with Gasteiger partial charge in [0.2, 0.25) is 16.4 Å². The number of benzene rings is 1. The van der Waals surface area contributed by atoms with Gasteiger partial charge in [-0.3, -0.25) is 14.4 Å². The summed E-state index contributed by atoms with van der Waals surface area (Å²) in [5.74, 6) is 0.750. The molecule has 0 unspecified atom stereocenters. The maximum absolute atomic E-state index is 12.2. The Labute approximate surface area is 170 Å². The van der Waals surface area contributed by atoms with Crippen LogP contribution in [0.25, 0.3) is 22.2 Å². The van der Waals surface area contributed by atoms with E-state index in [9.17, 15) is 13.2 Å². The molecule has 4 rings (SSSR count). The van der Waals surface area contributed by atoms with Crippen LogP contribution in [-0.2, 0) is 14.8 Å². The van der Waals surface area contributed by atoms with Gasteiger partial charge in [-0.25, -0.2) is 13.4 Å². The van der Waals surface area contributed by atoms with Crippen LogP contribution in [0.15, 0.2) is 42.6 Å². The summed E-state index contributed by atoms with van der Waals surface area (Å²) in [5.41, 5.74) is 3.11. The van der Waals surface area contributed by atoms with Crippen LogP contribution >= 0.6 is 0 Å². The Bertz CT molecular complexity index is 1130. The van der Waals surface area contributed by atoms with Crippen molar-refractivity contribution in [3.05, 3.63) is 42.6 Å². The predicted molar refractivity (Wildman–Crippen MR) is 115 cm³/mol. The van der Waals surface area contributed by atoms with Crippen LogP contribution in [0.1, 0.15) is 26.7 Å². The summed E-state index contributed by atoms with van der Waals surface area (Å²) in [7, 11) is -3.37. The van der Waals surface area contributed by atoms with Gasteiger partial charge >= 0.3 is 0 Å². The number of amides is 1. The van der Waals surface area contributed by atoms with Gasteiger partial charge in [-0.15, -0.1) is 0 Å². The zero-order valence-corrected chi connectivity index (χ0v) is 17.2. The molecule has 0 atom stereocenters. The molecule has 2 heterocycles. The fourth-order valence-electron chi connectivity index (χ4n) is 3.45. The van der Waals surface area contributed by atoms with Gasteiger partial charge in [0.1, 0.15) is 11.5 Å². The molecule has 0 bridgehead atoms. The molecule has 7 nitrogen and oxygen atoms in total. The van der Waals surface area contributed by atoms with Gasteiger partial charge in [-0.1, -0.05) is 26.0 Å². The lowest BCUT2D eigenvalue weighted by atomic mass is 10.0. The van der Waals surface area contributed by atoms with Gasteiger partial charge in [0.15, 0.2) is 0 Å². The molecular formula is C21H24N4O3S. The summed E-state index contributed by atoms with van der Waals surface area (Å²) < 4.78 is 27.0. The minimum Gasteiger partial charge on any atom is -0.346 e. The van der Waals surface area contributed by atoms with Crippen molar-refractivity contribution >= 4 is 39.0 Å². The molecule has 152 valence electrons. The lowest BCUT2D eigenvalue weighted by molar-refractivity contribution is -0.107.